The van der Waals surface area contributed by atoms with E-state index in [4.69, 9.17) is 27.9 Å². The van der Waals surface area contributed by atoms with Gasteiger partial charge in [-0.15, -0.1) is 0 Å². The second-order valence-electron chi connectivity index (χ2n) is 5.59. The average molecular weight is 340 g/mol. The number of amides is 1. The van der Waals surface area contributed by atoms with Crippen LogP contribution in [0.3, 0.4) is 0 Å². The molecule has 0 aliphatic carbocycles. The number of rotatable bonds is 3. The van der Waals surface area contributed by atoms with Gasteiger partial charge in [0, 0.05) is 17.8 Å². The van der Waals surface area contributed by atoms with Crippen LogP contribution in [0.4, 0.5) is 0 Å². The predicted molar refractivity (Wildman–Crippen MR) is 84.9 cm³/mol. The quantitative estimate of drug-likeness (QED) is 0.934. The summed E-state index contributed by atoms with van der Waals surface area (Å²) >= 11 is 12.0. The van der Waals surface area contributed by atoms with E-state index in [0.717, 1.165) is 6.42 Å². The van der Waals surface area contributed by atoms with Gasteiger partial charge in [0.25, 0.3) is 5.91 Å². The Balaban J connectivity index is 1.80. The molecule has 1 unspecified atom stereocenters. The van der Waals surface area contributed by atoms with Crippen LogP contribution >= 0.6 is 23.2 Å². The Morgan fingerprint density at radius 3 is 2.95 bits per heavy atom. The van der Waals surface area contributed by atoms with E-state index in [1.807, 2.05) is 6.92 Å². The van der Waals surface area contributed by atoms with Crippen molar-refractivity contribution in [3.63, 3.8) is 0 Å². The van der Waals surface area contributed by atoms with Gasteiger partial charge in [0.15, 0.2) is 0 Å². The van der Waals surface area contributed by atoms with Gasteiger partial charge < -0.3 is 10.1 Å². The van der Waals surface area contributed by atoms with Crippen LogP contribution in [-0.4, -0.2) is 34.4 Å². The summed E-state index contributed by atoms with van der Waals surface area (Å²) in [6, 6.07) is 5.11. The first-order valence-electron chi connectivity index (χ1n) is 6.87. The average Bonchev–Trinajstić information content (AvgIpc) is 3.08. The van der Waals surface area contributed by atoms with Crippen LogP contribution in [0.1, 0.15) is 23.7 Å². The number of ether oxygens (including phenoxy) is 1. The molecule has 22 heavy (non-hydrogen) atoms. The molecule has 1 saturated heterocycles. The van der Waals surface area contributed by atoms with Gasteiger partial charge >= 0.3 is 0 Å². The molecule has 0 bridgehead atoms. The molecule has 3 rings (SSSR count). The topological polar surface area (TPSA) is 56.2 Å². The third-order valence-corrected chi connectivity index (χ3v) is 4.17. The van der Waals surface area contributed by atoms with E-state index in [9.17, 15) is 4.79 Å². The molecule has 1 aromatic carbocycles. The fourth-order valence-corrected chi connectivity index (χ4v) is 2.85. The third-order valence-electron chi connectivity index (χ3n) is 3.64. The summed E-state index contributed by atoms with van der Waals surface area (Å²) in [6.07, 6.45) is 3.96. The summed E-state index contributed by atoms with van der Waals surface area (Å²) in [4.78, 5) is 12.3. The number of nitrogens with zero attached hydrogens (tertiary/aromatic N) is 2. The molecule has 5 nitrogen and oxygen atoms in total. The maximum atomic E-state index is 12.3. The first-order valence-corrected chi connectivity index (χ1v) is 7.63. The van der Waals surface area contributed by atoms with Crippen molar-refractivity contribution >= 4 is 29.1 Å². The summed E-state index contributed by atoms with van der Waals surface area (Å²) in [5.41, 5.74) is 0.816. The Kier molecular flexibility index (Phi) is 4.12. The van der Waals surface area contributed by atoms with E-state index in [1.54, 1.807) is 29.1 Å². The van der Waals surface area contributed by atoms with Crippen molar-refractivity contribution in [3.05, 3.63) is 46.2 Å². The number of halogens is 2. The smallest absolute Gasteiger partial charge is 0.254 e. The Hall–Kier alpha value is -1.56. The zero-order valence-corrected chi connectivity index (χ0v) is 13.5. The number of hydrogen-bond donors (Lipinski definition) is 1. The highest BCUT2D eigenvalue weighted by Gasteiger charge is 2.31. The van der Waals surface area contributed by atoms with E-state index in [0.29, 0.717) is 34.5 Å². The largest absolute Gasteiger partial charge is 0.379 e. The van der Waals surface area contributed by atoms with Gasteiger partial charge in [-0.25, -0.2) is 4.68 Å². The lowest BCUT2D eigenvalue weighted by atomic mass is 10.0. The Morgan fingerprint density at radius 1 is 1.45 bits per heavy atom. The van der Waals surface area contributed by atoms with Gasteiger partial charge in [-0.3, -0.25) is 4.79 Å². The Morgan fingerprint density at radius 2 is 2.27 bits per heavy atom. The number of carbonyl (C=O) groups excluding carboxylic acids is 1. The van der Waals surface area contributed by atoms with Gasteiger partial charge in [0.2, 0.25) is 0 Å². The molecule has 1 amide bonds. The molecule has 2 aromatic rings. The van der Waals surface area contributed by atoms with Crippen molar-refractivity contribution in [1.29, 1.82) is 0 Å². The van der Waals surface area contributed by atoms with Gasteiger partial charge in [0.1, 0.15) is 0 Å². The molecule has 116 valence electrons. The molecule has 1 aromatic heterocycles. The zero-order chi connectivity index (χ0) is 15.7. The van der Waals surface area contributed by atoms with Crippen LogP contribution in [-0.2, 0) is 4.74 Å². The molecule has 2 heterocycles. The number of carbonyl (C=O) groups is 1. The van der Waals surface area contributed by atoms with Gasteiger partial charge in [-0.1, -0.05) is 23.2 Å². The lowest BCUT2D eigenvalue weighted by Gasteiger charge is -2.22. The van der Waals surface area contributed by atoms with E-state index in [2.05, 4.69) is 10.4 Å². The number of benzene rings is 1. The summed E-state index contributed by atoms with van der Waals surface area (Å²) in [5, 5.41) is 8.20. The third kappa shape index (κ3) is 3.11. The van der Waals surface area contributed by atoms with Crippen LogP contribution in [0.25, 0.3) is 5.69 Å². The Bertz CT molecular complexity index is 709. The first kappa shape index (κ1) is 15.3. The fourth-order valence-electron chi connectivity index (χ4n) is 2.35. The zero-order valence-electron chi connectivity index (χ0n) is 12.0. The SMILES string of the molecule is CC1(NC(=O)c2cnn(-c3ccc(Cl)cc3Cl)c2)CCOC1. The summed E-state index contributed by atoms with van der Waals surface area (Å²) in [6.45, 7) is 3.16. The summed E-state index contributed by atoms with van der Waals surface area (Å²) in [7, 11) is 0. The number of hydrogen-bond acceptors (Lipinski definition) is 3. The Labute approximate surface area is 138 Å². The van der Waals surface area contributed by atoms with Gasteiger partial charge in [-0.2, -0.15) is 5.10 Å². The van der Waals surface area contributed by atoms with Crippen molar-refractivity contribution in [2.75, 3.05) is 13.2 Å². The van der Waals surface area contributed by atoms with Crippen molar-refractivity contribution in [1.82, 2.24) is 15.1 Å². The molecule has 0 saturated carbocycles. The summed E-state index contributed by atoms with van der Waals surface area (Å²) < 4.78 is 6.89. The highest BCUT2D eigenvalue weighted by Crippen LogP contribution is 2.24. The van der Waals surface area contributed by atoms with Crippen LogP contribution in [0.2, 0.25) is 10.0 Å². The molecule has 1 atom stereocenters. The predicted octanol–water partition coefficient (Wildman–Crippen LogP) is 3.09. The lowest BCUT2D eigenvalue weighted by Crippen LogP contribution is -2.46. The summed E-state index contributed by atoms with van der Waals surface area (Å²) in [5.74, 6) is -0.177. The molecule has 1 aliphatic heterocycles. The molecule has 0 radical (unpaired) electrons. The normalized spacial score (nSPS) is 21.0. The molecule has 1 fully saturated rings. The van der Waals surface area contributed by atoms with Crippen molar-refractivity contribution in [3.8, 4) is 5.69 Å². The molecule has 0 spiro atoms. The molecule has 1 aliphatic rings. The monoisotopic (exact) mass is 339 g/mol. The number of aromatic nitrogens is 2. The maximum Gasteiger partial charge on any atom is 0.254 e. The highest BCUT2D eigenvalue weighted by molar-refractivity contribution is 6.35. The molecular formula is C15H15Cl2N3O2. The lowest BCUT2D eigenvalue weighted by molar-refractivity contribution is 0.0890. The van der Waals surface area contributed by atoms with Crippen LogP contribution < -0.4 is 5.32 Å². The first-order chi connectivity index (χ1) is 10.5. The van der Waals surface area contributed by atoms with Crippen molar-refractivity contribution in [2.24, 2.45) is 0 Å². The van der Waals surface area contributed by atoms with E-state index < -0.39 is 0 Å². The van der Waals surface area contributed by atoms with Crippen LogP contribution in [0.5, 0.6) is 0 Å². The van der Waals surface area contributed by atoms with E-state index in [-0.39, 0.29) is 11.4 Å². The minimum Gasteiger partial charge on any atom is -0.379 e. The second kappa shape index (κ2) is 5.91. The van der Waals surface area contributed by atoms with Gasteiger partial charge in [0.05, 0.1) is 34.6 Å². The molecular weight excluding hydrogens is 325 g/mol. The van der Waals surface area contributed by atoms with E-state index >= 15 is 0 Å². The standard InChI is InChI=1S/C15H15Cl2N3O2/c1-15(4-5-22-9-15)19-14(21)10-7-18-20(8-10)13-3-2-11(16)6-12(13)17/h2-3,6-8H,4-5,9H2,1H3,(H,19,21). The van der Waals surface area contributed by atoms with Crippen LogP contribution in [0, 0.1) is 0 Å². The second-order valence-corrected chi connectivity index (χ2v) is 6.43. The van der Waals surface area contributed by atoms with Crippen LogP contribution in [0.15, 0.2) is 30.6 Å². The van der Waals surface area contributed by atoms with Crippen molar-refractivity contribution in [2.45, 2.75) is 18.9 Å². The fraction of sp³-hybridized carbons (Fsp3) is 0.333. The minimum absolute atomic E-state index is 0.177. The van der Waals surface area contributed by atoms with Crippen molar-refractivity contribution < 1.29 is 9.53 Å². The van der Waals surface area contributed by atoms with E-state index in [1.165, 1.54) is 6.20 Å². The van der Waals surface area contributed by atoms with Gasteiger partial charge in [-0.05, 0) is 31.5 Å². The minimum atomic E-state index is -0.322. The maximum absolute atomic E-state index is 12.3. The highest BCUT2D eigenvalue weighted by atomic mass is 35.5. The number of nitrogens with one attached hydrogen (secondary N) is 1. The molecule has 7 heteroatoms. The molecule has 1 N–H and O–H groups in total.